The van der Waals surface area contributed by atoms with Crippen LogP contribution in [0.25, 0.3) is 0 Å². The van der Waals surface area contributed by atoms with Crippen LogP contribution in [0.4, 0.5) is 5.00 Å². The Balaban J connectivity index is 1.60. The fourth-order valence-electron chi connectivity index (χ4n) is 4.56. The van der Waals surface area contributed by atoms with E-state index < -0.39 is 0 Å². The first-order valence-corrected chi connectivity index (χ1v) is 11.7. The summed E-state index contributed by atoms with van der Waals surface area (Å²) in [5.41, 5.74) is 3.40. The second-order valence-electron chi connectivity index (χ2n) is 8.88. The maximum Gasteiger partial charge on any atom is 0.256 e. The van der Waals surface area contributed by atoms with Crippen molar-refractivity contribution in [2.24, 2.45) is 11.3 Å². The molecule has 0 radical (unpaired) electrons. The summed E-state index contributed by atoms with van der Waals surface area (Å²) in [6.07, 6.45) is 4.12. The lowest BCUT2D eigenvalue weighted by Gasteiger charge is -2.36. The molecule has 1 aliphatic carbocycles. The zero-order chi connectivity index (χ0) is 21.5. The summed E-state index contributed by atoms with van der Waals surface area (Å²) >= 11 is 1.76. The first-order valence-electron chi connectivity index (χ1n) is 10.9. The van der Waals surface area contributed by atoms with E-state index in [1.807, 2.05) is 25.1 Å². The zero-order valence-electron chi connectivity index (χ0n) is 18.6. The van der Waals surface area contributed by atoms with Crippen LogP contribution in [0.2, 0.25) is 0 Å². The van der Waals surface area contributed by atoms with Gasteiger partial charge in [0, 0.05) is 4.88 Å². The summed E-state index contributed by atoms with van der Waals surface area (Å²) in [4.78, 5) is 14.4. The van der Waals surface area contributed by atoms with Gasteiger partial charge in [-0.1, -0.05) is 33.3 Å². The van der Waals surface area contributed by atoms with Crippen molar-refractivity contribution >= 4 is 22.2 Å². The lowest BCUT2D eigenvalue weighted by atomic mass is 9.69. The summed E-state index contributed by atoms with van der Waals surface area (Å²) in [5.74, 6) is 2.07. The molecule has 4 rings (SSSR count). The fraction of sp³-hybridized carbons (Fsp3) is 0.542. The molecule has 0 unspecified atom stereocenters. The minimum Gasteiger partial charge on any atom is -0.493 e. The van der Waals surface area contributed by atoms with Crippen molar-refractivity contribution in [1.29, 1.82) is 0 Å². The fourth-order valence-corrected chi connectivity index (χ4v) is 5.91. The van der Waals surface area contributed by atoms with Gasteiger partial charge in [0.1, 0.15) is 11.2 Å². The highest BCUT2D eigenvalue weighted by Crippen LogP contribution is 2.47. The predicted octanol–water partition coefficient (Wildman–Crippen LogP) is 5.55. The molecule has 6 heteroatoms. The number of hydrogen-bond acceptors (Lipinski definition) is 5. The highest BCUT2D eigenvalue weighted by molar-refractivity contribution is 7.16. The number of anilines is 1. The van der Waals surface area contributed by atoms with E-state index in [4.69, 9.17) is 9.47 Å². The normalized spacial score (nSPS) is 20.6. The van der Waals surface area contributed by atoms with Gasteiger partial charge in [0.2, 0.25) is 0 Å². The van der Waals surface area contributed by atoms with Crippen molar-refractivity contribution in [2.45, 2.75) is 59.5 Å². The molecule has 1 aromatic heterocycles. The highest BCUT2D eigenvalue weighted by Gasteiger charge is 2.37. The highest BCUT2D eigenvalue weighted by atomic mass is 32.1. The van der Waals surface area contributed by atoms with Gasteiger partial charge in [0.05, 0.1) is 19.3 Å². The number of rotatable bonds is 6. The van der Waals surface area contributed by atoms with Gasteiger partial charge in [0.15, 0.2) is 11.5 Å². The number of carbonyl (C=O) groups is 1. The number of hydrogen-bond donors (Lipinski definition) is 2. The van der Waals surface area contributed by atoms with Gasteiger partial charge < -0.3 is 20.1 Å². The van der Waals surface area contributed by atoms with Crippen LogP contribution in [-0.2, 0) is 12.8 Å². The van der Waals surface area contributed by atoms with Gasteiger partial charge in [-0.2, -0.15) is 0 Å². The maximum atomic E-state index is 13.1. The molecule has 2 aliphatic rings. The SMILES string of the molecule is CCOc1ccc([C@H]2NC(=O)c3c(sc4c3CC[C@H](C(C)(C)CC)C4)N2)cc1OC. The quantitative estimate of drug-likeness (QED) is 0.633. The van der Waals surface area contributed by atoms with Crippen LogP contribution in [0.5, 0.6) is 11.5 Å². The number of amides is 1. The van der Waals surface area contributed by atoms with Crippen molar-refractivity contribution in [1.82, 2.24) is 5.32 Å². The van der Waals surface area contributed by atoms with Gasteiger partial charge in [-0.05, 0) is 60.8 Å². The number of nitrogens with one attached hydrogen (secondary N) is 2. The summed E-state index contributed by atoms with van der Waals surface area (Å²) < 4.78 is 11.1. The summed E-state index contributed by atoms with van der Waals surface area (Å²) in [6.45, 7) is 9.54. The Kier molecular flexibility index (Phi) is 5.71. The number of thiophene rings is 1. The molecule has 162 valence electrons. The van der Waals surface area contributed by atoms with Gasteiger partial charge in [0.25, 0.3) is 5.91 Å². The smallest absolute Gasteiger partial charge is 0.256 e. The molecule has 1 aliphatic heterocycles. The molecule has 0 spiro atoms. The van der Waals surface area contributed by atoms with E-state index in [0.29, 0.717) is 29.4 Å². The predicted molar refractivity (Wildman–Crippen MR) is 122 cm³/mol. The molecule has 0 bridgehead atoms. The third kappa shape index (κ3) is 3.66. The first kappa shape index (κ1) is 21.0. The molecule has 2 heterocycles. The molecular formula is C24H32N2O3S. The molecular weight excluding hydrogens is 396 g/mol. The van der Waals surface area contributed by atoms with Crippen LogP contribution in [0.1, 0.15) is 73.1 Å². The lowest BCUT2D eigenvalue weighted by Crippen LogP contribution is -2.38. The molecule has 2 aromatic rings. The largest absolute Gasteiger partial charge is 0.493 e. The number of ether oxygens (including phenoxy) is 2. The molecule has 0 saturated heterocycles. The first-order chi connectivity index (χ1) is 14.4. The molecule has 1 aromatic carbocycles. The Morgan fingerprint density at radius 1 is 1.20 bits per heavy atom. The van der Waals surface area contributed by atoms with Crippen molar-refractivity contribution in [2.75, 3.05) is 19.0 Å². The van der Waals surface area contributed by atoms with Gasteiger partial charge in [-0.25, -0.2) is 0 Å². The Morgan fingerprint density at radius 2 is 2.00 bits per heavy atom. The van der Waals surface area contributed by atoms with Gasteiger partial charge in [-0.15, -0.1) is 11.3 Å². The van der Waals surface area contributed by atoms with Crippen molar-refractivity contribution in [3.63, 3.8) is 0 Å². The van der Waals surface area contributed by atoms with Gasteiger partial charge >= 0.3 is 0 Å². The van der Waals surface area contributed by atoms with Crippen LogP contribution < -0.4 is 20.1 Å². The third-order valence-electron chi connectivity index (χ3n) is 6.88. The molecule has 2 N–H and O–H groups in total. The minimum atomic E-state index is -0.280. The van der Waals surface area contributed by atoms with Crippen LogP contribution in [0.15, 0.2) is 18.2 Å². The third-order valence-corrected chi connectivity index (χ3v) is 8.07. The van der Waals surface area contributed by atoms with Crippen LogP contribution >= 0.6 is 11.3 Å². The second kappa shape index (κ2) is 8.14. The zero-order valence-corrected chi connectivity index (χ0v) is 19.4. The lowest BCUT2D eigenvalue weighted by molar-refractivity contribution is 0.0934. The molecule has 0 saturated carbocycles. The van der Waals surface area contributed by atoms with Crippen molar-refractivity contribution in [3.8, 4) is 11.5 Å². The molecule has 5 nitrogen and oxygen atoms in total. The van der Waals surface area contributed by atoms with Crippen LogP contribution in [0, 0.1) is 11.3 Å². The monoisotopic (exact) mass is 428 g/mol. The molecule has 30 heavy (non-hydrogen) atoms. The average Bonchev–Trinajstić information content (AvgIpc) is 3.12. The summed E-state index contributed by atoms with van der Waals surface area (Å²) in [7, 11) is 1.63. The summed E-state index contributed by atoms with van der Waals surface area (Å²) in [5, 5.41) is 7.70. The number of methoxy groups -OCH3 is 1. The topological polar surface area (TPSA) is 59.6 Å². The Hall–Kier alpha value is -2.21. The summed E-state index contributed by atoms with van der Waals surface area (Å²) in [6, 6.07) is 5.81. The van der Waals surface area contributed by atoms with E-state index in [1.165, 1.54) is 16.9 Å². The second-order valence-corrected chi connectivity index (χ2v) is 9.99. The van der Waals surface area contributed by atoms with E-state index in [2.05, 4.69) is 31.4 Å². The average molecular weight is 429 g/mol. The maximum absolute atomic E-state index is 13.1. The molecule has 0 fully saturated rings. The Labute approximate surface area is 183 Å². The molecule has 2 atom stereocenters. The van der Waals surface area contributed by atoms with Crippen molar-refractivity contribution < 1.29 is 14.3 Å². The number of carbonyl (C=O) groups excluding carboxylic acids is 1. The Bertz CT molecular complexity index is 950. The van der Waals surface area contributed by atoms with E-state index in [-0.39, 0.29) is 12.1 Å². The van der Waals surface area contributed by atoms with Gasteiger partial charge in [-0.3, -0.25) is 4.79 Å². The van der Waals surface area contributed by atoms with Crippen LogP contribution in [0.3, 0.4) is 0 Å². The van der Waals surface area contributed by atoms with E-state index in [1.54, 1.807) is 18.4 Å². The standard InChI is InChI=1S/C24H32N2O3S/c1-6-24(3,4)15-9-10-16-19(13-15)30-23-20(16)22(27)25-21(26-23)14-8-11-17(29-7-2)18(12-14)28-5/h8,11-12,15,21,26H,6-7,9-10,13H2,1-5H3,(H,25,27)/t15-,21-/m0/s1. The Morgan fingerprint density at radius 3 is 2.70 bits per heavy atom. The van der Waals surface area contributed by atoms with E-state index in [0.717, 1.165) is 35.4 Å². The van der Waals surface area contributed by atoms with Crippen LogP contribution in [-0.4, -0.2) is 19.6 Å². The number of fused-ring (bicyclic) bond motifs is 3. The minimum absolute atomic E-state index is 0.0207. The van der Waals surface area contributed by atoms with E-state index in [9.17, 15) is 4.79 Å². The van der Waals surface area contributed by atoms with E-state index >= 15 is 0 Å². The van der Waals surface area contributed by atoms with Crippen molar-refractivity contribution in [3.05, 3.63) is 39.8 Å². The number of benzene rings is 1. The molecule has 1 amide bonds.